The molecule has 1 aliphatic heterocycles. The van der Waals surface area contributed by atoms with E-state index in [0.717, 1.165) is 38.5 Å². The van der Waals surface area contributed by atoms with Gasteiger partial charge in [-0.2, -0.15) is 0 Å². The molecule has 0 radical (unpaired) electrons. The molecule has 9 heteroatoms. The van der Waals surface area contributed by atoms with E-state index in [-0.39, 0.29) is 17.2 Å². The second-order valence-electron chi connectivity index (χ2n) is 14.3. The predicted octanol–water partition coefficient (Wildman–Crippen LogP) is 11.8. The first-order chi connectivity index (χ1) is 26.4. The van der Waals surface area contributed by atoms with Crippen molar-refractivity contribution in [2.45, 2.75) is 136 Å². The normalized spacial score (nSPS) is 12.6. The van der Waals surface area contributed by atoms with Crippen molar-refractivity contribution in [1.29, 1.82) is 0 Å². The van der Waals surface area contributed by atoms with Crippen molar-refractivity contribution in [3.05, 3.63) is 71.9 Å². The third kappa shape index (κ3) is 14.0. The Kier molecular flexibility index (Phi) is 18.8. The smallest absolute Gasteiger partial charge is 0.156 e. The molecule has 3 aromatic rings. The van der Waals surface area contributed by atoms with Gasteiger partial charge in [0.15, 0.2) is 5.84 Å². The Morgan fingerprint density at radius 3 is 1.35 bits per heavy atom. The van der Waals surface area contributed by atoms with Crippen molar-refractivity contribution in [2.75, 3.05) is 24.8 Å². The highest BCUT2D eigenvalue weighted by Crippen LogP contribution is 2.37. The second kappa shape index (κ2) is 24.0. The number of phenolic OH excluding ortho intramolecular Hbond substituents is 3. The van der Waals surface area contributed by atoms with Crippen molar-refractivity contribution < 1.29 is 29.5 Å². The lowest BCUT2D eigenvalue weighted by atomic mass is 10.1. The molecule has 1 aliphatic rings. The summed E-state index contributed by atoms with van der Waals surface area (Å²) >= 11 is 0. The molecule has 4 N–H and O–H groups in total. The van der Waals surface area contributed by atoms with Crippen LogP contribution in [0.25, 0.3) is 5.70 Å². The first-order valence-corrected chi connectivity index (χ1v) is 20.7. The molecular weight excluding hydrogens is 679 g/mol. The number of hydrazine groups is 1. The molecule has 54 heavy (non-hydrogen) atoms. The van der Waals surface area contributed by atoms with Crippen molar-refractivity contribution >= 4 is 17.2 Å². The van der Waals surface area contributed by atoms with Crippen LogP contribution < -0.4 is 24.6 Å². The number of nitrogens with zero attached hydrogens (tertiary/aromatic N) is 2. The van der Waals surface area contributed by atoms with Gasteiger partial charge in [-0.3, -0.25) is 10.4 Å². The molecule has 0 unspecified atom stereocenters. The Hall–Kier alpha value is -4.53. The largest absolute Gasteiger partial charge is 0.507 e. The third-order valence-corrected chi connectivity index (χ3v) is 9.69. The van der Waals surface area contributed by atoms with E-state index in [1.807, 2.05) is 18.2 Å². The van der Waals surface area contributed by atoms with E-state index in [4.69, 9.17) is 19.2 Å². The highest BCUT2D eigenvalue weighted by atomic mass is 16.5. The zero-order valence-electron chi connectivity index (χ0n) is 33.1. The van der Waals surface area contributed by atoms with Gasteiger partial charge in [0, 0.05) is 23.8 Å². The molecule has 0 saturated carbocycles. The van der Waals surface area contributed by atoms with Crippen LogP contribution in [0, 0.1) is 0 Å². The monoisotopic (exact) mass is 743 g/mol. The average Bonchev–Trinajstić information content (AvgIpc) is 3.17. The summed E-state index contributed by atoms with van der Waals surface area (Å²) in [7, 11) is 0. The predicted molar refractivity (Wildman–Crippen MR) is 221 cm³/mol. The van der Waals surface area contributed by atoms with E-state index in [1.54, 1.807) is 47.6 Å². The second-order valence-corrected chi connectivity index (χ2v) is 14.3. The topological polar surface area (TPSA) is 116 Å². The third-order valence-electron chi connectivity index (χ3n) is 9.69. The van der Waals surface area contributed by atoms with Gasteiger partial charge in [0.25, 0.3) is 0 Å². The standard InChI is InChI=1S/C45H65N3O6/c1-4-7-10-13-16-19-28-52-35-22-25-38(42(49)31-35)40-34-48(41-27-24-37(33-44(41)51)54-30-21-18-15-12-9-6-3)47-45(46-40)39-26-23-36(32-43(39)50)53-29-20-17-14-11-8-5-2/h22-27,31-34,49-51H,4-21,28-30H2,1-3H3,(H,46,47). The molecule has 0 fully saturated rings. The van der Waals surface area contributed by atoms with Crippen LogP contribution in [0.5, 0.6) is 34.5 Å². The van der Waals surface area contributed by atoms with Crippen LogP contribution in [-0.2, 0) is 0 Å². The van der Waals surface area contributed by atoms with Crippen LogP contribution in [-0.4, -0.2) is 41.0 Å². The zero-order chi connectivity index (χ0) is 38.4. The Labute approximate surface area is 324 Å². The van der Waals surface area contributed by atoms with Gasteiger partial charge < -0.3 is 29.5 Å². The van der Waals surface area contributed by atoms with E-state index >= 15 is 0 Å². The summed E-state index contributed by atoms with van der Waals surface area (Å²) in [5.74, 6) is 2.10. The number of amidine groups is 1. The number of hydrogen-bond donors (Lipinski definition) is 4. The number of phenols is 3. The summed E-state index contributed by atoms with van der Waals surface area (Å²) in [6.07, 6.45) is 22.8. The summed E-state index contributed by atoms with van der Waals surface area (Å²) in [5.41, 5.74) is 5.03. The highest BCUT2D eigenvalue weighted by Gasteiger charge is 2.23. The summed E-state index contributed by atoms with van der Waals surface area (Å²) in [6, 6.07) is 15.6. The number of anilines is 1. The molecule has 3 aromatic carbocycles. The molecule has 0 atom stereocenters. The number of aromatic hydroxyl groups is 3. The minimum Gasteiger partial charge on any atom is -0.507 e. The maximum Gasteiger partial charge on any atom is 0.156 e. The summed E-state index contributed by atoms with van der Waals surface area (Å²) in [6.45, 7) is 8.40. The van der Waals surface area contributed by atoms with Crippen LogP contribution in [0.3, 0.4) is 0 Å². The number of hydrogen-bond acceptors (Lipinski definition) is 9. The molecule has 296 valence electrons. The molecule has 0 bridgehead atoms. The van der Waals surface area contributed by atoms with Gasteiger partial charge in [-0.05, 0) is 55.7 Å². The van der Waals surface area contributed by atoms with E-state index in [9.17, 15) is 15.3 Å². The molecule has 9 nitrogen and oxygen atoms in total. The number of aliphatic imine (C=N–C) groups is 1. The summed E-state index contributed by atoms with van der Waals surface area (Å²) < 4.78 is 17.9. The maximum absolute atomic E-state index is 11.2. The number of benzene rings is 3. The highest BCUT2D eigenvalue weighted by molar-refractivity contribution is 6.06. The van der Waals surface area contributed by atoms with Gasteiger partial charge in [0.05, 0.1) is 37.3 Å². The fourth-order valence-electron chi connectivity index (χ4n) is 6.46. The van der Waals surface area contributed by atoms with Crippen LogP contribution in [0.1, 0.15) is 147 Å². The number of nitrogens with one attached hydrogen (secondary N) is 1. The lowest BCUT2D eigenvalue weighted by Crippen LogP contribution is -2.41. The number of rotatable bonds is 27. The Balaban J connectivity index is 1.50. The minimum atomic E-state index is -0.00627. The Morgan fingerprint density at radius 1 is 0.500 bits per heavy atom. The number of ether oxygens (including phenoxy) is 3. The molecule has 0 saturated heterocycles. The fourth-order valence-corrected chi connectivity index (χ4v) is 6.46. The minimum absolute atomic E-state index is 0.00474. The van der Waals surface area contributed by atoms with E-state index in [1.165, 1.54) is 77.0 Å². The molecule has 1 heterocycles. The SMILES string of the molecule is CCCCCCCCOc1ccc(C2=CN(c3ccc(OCCCCCCCC)cc3O)NC(c3ccc(OCCCCCCCC)cc3O)=N2)c(O)c1. The number of unbranched alkanes of at least 4 members (excludes halogenated alkanes) is 15. The lowest BCUT2D eigenvalue weighted by Gasteiger charge is -2.29. The van der Waals surface area contributed by atoms with Gasteiger partial charge in [-0.25, -0.2) is 4.99 Å². The molecule has 4 rings (SSSR count). The summed E-state index contributed by atoms with van der Waals surface area (Å²) in [5, 5.41) is 35.2. The maximum atomic E-state index is 11.2. The molecule has 0 aliphatic carbocycles. The van der Waals surface area contributed by atoms with Crippen LogP contribution in [0.2, 0.25) is 0 Å². The Morgan fingerprint density at radius 2 is 0.907 bits per heavy atom. The quantitative estimate of drug-likeness (QED) is 0.0570. The van der Waals surface area contributed by atoms with Crippen molar-refractivity contribution in [2.24, 2.45) is 4.99 Å². The Bertz CT molecular complexity index is 1610. The molecule has 0 aromatic heterocycles. The van der Waals surface area contributed by atoms with Gasteiger partial charge in [0.1, 0.15) is 40.2 Å². The van der Waals surface area contributed by atoms with Crippen molar-refractivity contribution in [3.63, 3.8) is 0 Å². The lowest BCUT2D eigenvalue weighted by molar-refractivity contribution is 0.302. The van der Waals surface area contributed by atoms with Crippen LogP contribution >= 0.6 is 0 Å². The van der Waals surface area contributed by atoms with Crippen molar-refractivity contribution in [1.82, 2.24) is 5.43 Å². The van der Waals surface area contributed by atoms with Gasteiger partial charge >= 0.3 is 0 Å². The first-order valence-electron chi connectivity index (χ1n) is 20.7. The molecule has 0 spiro atoms. The molecular formula is C45H65N3O6. The van der Waals surface area contributed by atoms with Crippen molar-refractivity contribution in [3.8, 4) is 34.5 Å². The van der Waals surface area contributed by atoms with Gasteiger partial charge in [0.2, 0.25) is 0 Å². The van der Waals surface area contributed by atoms with Crippen LogP contribution in [0.15, 0.2) is 65.8 Å². The molecule has 0 amide bonds. The van der Waals surface area contributed by atoms with Gasteiger partial charge in [-0.15, -0.1) is 0 Å². The van der Waals surface area contributed by atoms with E-state index < -0.39 is 0 Å². The van der Waals surface area contributed by atoms with E-state index in [0.29, 0.717) is 65.4 Å². The van der Waals surface area contributed by atoms with E-state index in [2.05, 4.69) is 26.2 Å². The first kappa shape index (κ1) is 42.2. The average molecular weight is 744 g/mol. The zero-order valence-corrected chi connectivity index (χ0v) is 33.1. The van der Waals surface area contributed by atoms with Crippen LogP contribution in [0.4, 0.5) is 5.69 Å². The fraction of sp³-hybridized carbons (Fsp3) is 0.533. The van der Waals surface area contributed by atoms with Gasteiger partial charge in [-0.1, -0.05) is 117 Å². The summed E-state index contributed by atoms with van der Waals surface area (Å²) in [4.78, 5) is 4.84.